The van der Waals surface area contributed by atoms with Gasteiger partial charge < -0.3 is 10.1 Å². The van der Waals surface area contributed by atoms with Crippen molar-refractivity contribution < 1.29 is 4.74 Å². The fourth-order valence-electron chi connectivity index (χ4n) is 2.09. The van der Waals surface area contributed by atoms with Crippen LogP contribution in [0.4, 0.5) is 0 Å². The first-order valence-electron chi connectivity index (χ1n) is 6.98. The van der Waals surface area contributed by atoms with E-state index in [-0.39, 0.29) is 5.41 Å². The molecule has 0 aliphatic carbocycles. The van der Waals surface area contributed by atoms with E-state index in [1.54, 1.807) is 7.11 Å². The van der Waals surface area contributed by atoms with E-state index in [1.165, 1.54) is 5.56 Å². The van der Waals surface area contributed by atoms with Crippen LogP contribution in [0.1, 0.15) is 26.3 Å². The molecule has 0 heterocycles. The van der Waals surface area contributed by atoms with E-state index in [4.69, 9.17) is 27.9 Å². The molecular formula is C16H25Cl2NO. The van der Waals surface area contributed by atoms with Gasteiger partial charge in [-0.15, -0.1) is 0 Å². The number of halogens is 2. The lowest BCUT2D eigenvalue weighted by Gasteiger charge is -2.31. The third-order valence-electron chi connectivity index (χ3n) is 3.56. The summed E-state index contributed by atoms with van der Waals surface area (Å²) in [7, 11) is 1.72. The fraction of sp³-hybridized carbons (Fsp3) is 0.625. The Morgan fingerprint density at radius 2 is 1.90 bits per heavy atom. The molecule has 0 aliphatic rings. The second-order valence-electron chi connectivity index (χ2n) is 6.21. The number of rotatable bonds is 7. The van der Waals surface area contributed by atoms with E-state index >= 15 is 0 Å². The first-order chi connectivity index (χ1) is 9.34. The first-order valence-corrected chi connectivity index (χ1v) is 7.73. The lowest BCUT2D eigenvalue weighted by atomic mass is 9.77. The van der Waals surface area contributed by atoms with Crippen LogP contribution in [0.15, 0.2) is 18.2 Å². The Labute approximate surface area is 132 Å². The summed E-state index contributed by atoms with van der Waals surface area (Å²) in [6.45, 7) is 9.40. The zero-order valence-corrected chi connectivity index (χ0v) is 14.3. The van der Waals surface area contributed by atoms with E-state index in [0.717, 1.165) is 26.1 Å². The van der Waals surface area contributed by atoms with Crippen molar-refractivity contribution in [3.05, 3.63) is 33.8 Å². The third-order valence-corrected chi connectivity index (χ3v) is 4.30. The van der Waals surface area contributed by atoms with Crippen molar-refractivity contribution in [1.29, 1.82) is 0 Å². The van der Waals surface area contributed by atoms with Gasteiger partial charge in [0.1, 0.15) is 0 Å². The minimum Gasteiger partial charge on any atom is -0.383 e. The van der Waals surface area contributed by atoms with Crippen molar-refractivity contribution in [3.8, 4) is 0 Å². The summed E-state index contributed by atoms with van der Waals surface area (Å²) in [6, 6.07) is 5.90. The number of methoxy groups -OCH3 is 1. The Morgan fingerprint density at radius 3 is 2.45 bits per heavy atom. The summed E-state index contributed by atoms with van der Waals surface area (Å²) in [4.78, 5) is 0. The molecule has 0 aliphatic heterocycles. The molecule has 1 N–H and O–H groups in total. The second kappa shape index (κ2) is 8.23. The standard InChI is InChI=1S/C16H25Cl2NO/c1-16(2,3)13(11-19-7-8-20-4)9-12-5-6-14(17)15(18)10-12/h5-6,10,13,19H,7-9,11H2,1-4H3. The Hall–Kier alpha value is -0.280. The Kier molecular flexibility index (Phi) is 7.32. The van der Waals surface area contributed by atoms with E-state index in [2.05, 4.69) is 32.2 Å². The lowest BCUT2D eigenvalue weighted by Crippen LogP contribution is -2.34. The van der Waals surface area contributed by atoms with Gasteiger partial charge in [-0.05, 0) is 42.0 Å². The van der Waals surface area contributed by atoms with Gasteiger partial charge in [-0.3, -0.25) is 0 Å². The average Bonchev–Trinajstić information content (AvgIpc) is 2.36. The van der Waals surface area contributed by atoms with Gasteiger partial charge >= 0.3 is 0 Å². The van der Waals surface area contributed by atoms with Crippen LogP contribution in [-0.4, -0.2) is 26.8 Å². The normalized spacial score (nSPS) is 13.5. The SMILES string of the molecule is COCCNCC(Cc1ccc(Cl)c(Cl)c1)C(C)(C)C. The third kappa shape index (κ3) is 6.01. The maximum absolute atomic E-state index is 6.09. The zero-order chi connectivity index (χ0) is 15.2. The number of benzene rings is 1. The van der Waals surface area contributed by atoms with Gasteiger partial charge in [0.25, 0.3) is 0 Å². The molecule has 1 atom stereocenters. The monoisotopic (exact) mass is 317 g/mol. The van der Waals surface area contributed by atoms with Crippen LogP contribution in [-0.2, 0) is 11.2 Å². The summed E-state index contributed by atoms with van der Waals surface area (Å²) in [5.41, 5.74) is 1.46. The minimum absolute atomic E-state index is 0.228. The molecule has 0 bridgehead atoms. The number of hydrogen-bond donors (Lipinski definition) is 1. The smallest absolute Gasteiger partial charge is 0.0595 e. The number of hydrogen-bond acceptors (Lipinski definition) is 2. The van der Waals surface area contributed by atoms with Crippen LogP contribution in [0.25, 0.3) is 0 Å². The molecule has 0 radical (unpaired) electrons. The van der Waals surface area contributed by atoms with Crippen LogP contribution >= 0.6 is 23.2 Å². The molecule has 0 saturated heterocycles. The largest absolute Gasteiger partial charge is 0.383 e. The molecule has 0 amide bonds. The van der Waals surface area contributed by atoms with Crippen LogP contribution in [0, 0.1) is 11.3 Å². The molecule has 20 heavy (non-hydrogen) atoms. The molecule has 114 valence electrons. The summed E-state index contributed by atoms with van der Waals surface area (Å²) in [5.74, 6) is 0.525. The van der Waals surface area contributed by atoms with Crippen molar-refractivity contribution in [3.63, 3.8) is 0 Å². The highest BCUT2D eigenvalue weighted by Crippen LogP contribution is 2.30. The maximum atomic E-state index is 6.09. The van der Waals surface area contributed by atoms with Crippen molar-refractivity contribution in [2.24, 2.45) is 11.3 Å². The molecule has 4 heteroatoms. The molecule has 1 unspecified atom stereocenters. The van der Waals surface area contributed by atoms with Crippen LogP contribution in [0.3, 0.4) is 0 Å². The predicted molar refractivity (Wildman–Crippen MR) is 87.9 cm³/mol. The lowest BCUT2D eigenvalue weighted by molar-refractivity contribution is 0.186. The zero-order valence-electron chi connectivity index (χ0n) is 12.8. The summed E-state index contributed by atoms with van der Waals surface area (Å²) >= 11 is 12.1. The summed E-state index contributed by atoms with van der Waals surface area (Å²) in [5, 5.41) is 4.70. The first kappa shape index (κ1) is 17.8. The van der Waals surface area contributed by atoms with Gasteiger partial charge in [0.15, 0.2) is 0 Å². The quantitative estimate of drug-likeness (QED) is 0.751. The average molecular weight is 318 g/mol. The second-order valence-corrected chi connectivity index (χ2v) is 7.03. The van der Waals surface area contributed by atoms with E-state index in [9.17, 15) is 0 Å². The predicted octanol–water partition coefficient (Wildman–Crippen LogP) is 4.43. The summed E-state index contributed by atoms with van der Waals surface area (Å²) in [6.07, 6.45) is 0.986. The molecule has 0 aromatic heterocycles. The molecular weight excluding hydrogens is 293 g/mol. The van der Waals surface area contributed by atoms with Crippen molar-refractivity contribution in [2.75, 3.05) is 26.8 Å². The highest BCUT2D eigenvalue weighted by molar-refractivity contribution is 6.42. The van der Waals surface area contributed by atoms with Gasteiger partial charge in [0, 0.05) is 13.7 Å². The van der Waals surface area contributed by atoms with Gasteiger partial charge in [0.05, 0.1) is 16.7 Å². The van der Waals surface area contributed by atoms with Gasteiger partial charge in [-0.1, -0.05) is 50.0 Å². The van der Waals surface area contributed by atoms with Crippen molar-refractivity contribution >= 4 is 23.2 Å². The highest BCUT2D eigenvalue weighted by Gasteiger charge is 2.24. The molecule has 1 rings (SSSR count). The molecule has 1 aromatic rings. The highest BCUT2D eigenvalue weighted by atomic mass is 35.5. The molecule has 0 fully saturated rings. The number of nitrogens with one attached hydrogen (secondary N) is 1. The summed E-state index contributed by atoms with van der Waals surface area (Å²) < 4.78 is 5.06. The van der Waals surface area contributed by atoms with Crippen molar-refractivity contribution in [2.45, 2.75) is 27.2 Å². The van der Waals surface area contributed by atoms with Crippen LogP contribution in [0.5, 0.6) is 0 Å². The minimum atomic E-state index is 0.228. The van der Waals surface area contributed by atoms with E-state index < -0.39 is 0 Å². The van der Waals surface area contributed by atoms with E-state index in [1.807, 2.05) is 12.1 Å². The van der Waals surface area contributed by atoms with Crippen LogP contribution < -0.4 is 5.32 Å². The van der Waals surface area contributed by atoms with Gasteiger partial charge in [-0.2, -0.15) is 0 Å². The Morgan fingerprint density at radius 1 is 1.20 bits per heavy atom. The number of ether oxygens (including phenoxy) is 1. The topological polar surface area (TPSA) is 21.3 Å². The van der Waals surface area contributed by atoms with E-state index in [0.29, 0.717) is 16.0 Å². The molecule has 0 saturated carbocycles. The molecule has 2 nitrogen and oxygen atoms in total. The fourth-order valence-corrected chi connectivity index (χ4v) is 2.41. The molecule has 0 spiro atoms. The van der Waals surface area contributed by atoms with Crippen LogP contribution in [0.2, 0.25) is 10.0 Å². The maximum Gasteiger partial charge on any atom is 0.0595 e. The molecule has 1 aromatic carbocycles. The van der Waals surface area contributed by atoms with Gasteiger partial charge in [-0.25, -0.2) is 0 Å². The van der Waals surface area contributed by atoms with Gasteiger partial charge in [0.2, 0.25) is 0 Å². The van der Waals surface area contributed by atoms with Crippen molar-refractivity contribution in [1.82, 2.24) is 5.32 Å². The Bertz CT molecular complexity index is 415. The Balaban J connectivity index is 2.66.